The molecule has 7 nitrogen and oxygen atoms in total. The van der Waals surface area contributed by atoms with Gasteiger partial charge in [0.2, 0.25) is 5.91 Å². The molecule has 0 atom stereocenters. The fourth-order valence-corrected chi connectivity index (χ4v) is 3.96. The van der Waals surface area contributed by atoms with Crippen LogP contribution in [-0.4, -0.2) is 40.7 Å². The first-order valence-corrected chi connectivity index (χ1v) is 10.1. The highest BCUT2D eigenvalue weighted by molar-refractivity contribution is 8.18. The van der Waals surface area contributed by atoms with Crippen molar-refractivity contribution < 1.29 is 24.2 Å². The Hall–Kier alpha value is -2.97. The summed E-state index contributed by atoms with van der Waals surface area (Å²) < 4.78 is 5.04. The Bertz CT molecular complexity index is 1080. The molecule has 0 radical (unpaired) electrons. The molecule has 3 rings (SSSR count). The summed E-state index contributed by atoms with van der Waals surface area (Å²) in [6.07, 6.45) is 1.46. The van der Waals surface area contributed by atoms with Gasteiger partial charge in [0.05, 0.1) is 17.0 Å². The van der Waals surface area contributed by atoms with Crippen molar-refractivity contribution in [2.45, 2.75) is 13.8 Å². The number of phenols is 1. The van der Waals surface area contributed by atoms with E-state index in [4.69, 9.17) is 16.3 Å². The number of carbonyl (C=O) groups is 3. The second-order valence-electron chi connectivity index (χ2n) is 6.69. The minimum atomic E-state index is -0.580. The van der Waals surface area contributed by atoms with Crippen molar-refractivity contribution in [2.24, 2.45) is 0 Å². The second-order valence-corrected chi connectivity index (χ2v) is 8.09. The summed E-state index contributed by atoms with van der Waals surface area (Å²) in [5.41, 5.74) is 3.04. The van der Waals surface area contributed by atoms with Gasteiger partial charge in [0, 0.05) is 5.69 Å². The van der Waals surface area contributed by atoms with Crippen LogP contribution >= 0.6 is 23.4 Å². The number of benzene rings is 2. The Morgan fingerprint density at radius 3 is 2.67 bits per heavy atom. The van der Waals surface area contributed by atoms with Crippen molar-refractivity contribution in [1.29, 1.82) is 0 Å². The highest BCUT2D eigenvalue weighted by Gasteiger charge is 2.36. The minimum Gasteiger partial charge on any atom is -0.503 e. The molecule has 156 valence electrons. The quantitative estimate of drug-likeness (QED) is 0.663. The molecule has 0 spiro atoms. The van der Waals surface area contributed by atoms with Crippen molar-refractivity contribution in [1.82, 2.24) is 4.90 Å². The molecule has 1 aliphatic heterocycles. The van der Waals surface area contributed by atoms with Crippen molar-refractivity contribution in [3.05, 3.63) is 56.9 Å². The normalized spacial score (nSPS) is 15.1. The summed E-state index contributed by atoms with van der Waals surface area (Å²) in [5, 5.41) is 12.0. The van der Waals surface area contributed by atoms with Gasteiger partial charge in [0.25, 0.3) is 11.1 Å². The molecule has 0 aromatic heterocycles. The number of nitrogens with one attached hydrogen (secondary N) is 1. The number of rotatable bonds is 5. The smallest absolute Gasteiger partial charge is 0.294 e. The van der Waals surface area contributed by atoms with Crippen LogP contribution in [0.25, 0.3) is 6.08 Å². The first-order chi connectivity index (χ1) is 14.2. The molecule has 1 saturated heterocycles. The van der Waals surface area contributed by atoms with Gasteiger partial charge in [-0.1, -0.05) is 29.3 Å². The number of hydrogen-bond acceptors (Lipinski definition) is 6. The molecule has 0 bridgehead atoms. The average molecular weight is 447 g/mol. The van der Waals surface area contributed by atoms with E-state index in [1.54, 1.807) is 6.07 Å². The van der Waals surface area contributed by atoms with E-state index in [1.807, 2.05) is 26.0 Å². The number of aryl methyl sites for hydroxylation is 2. The fraction of sp³-hybridized carbons (Fsp3) is 0.190. The van der Waals surface area contributed by atoms with Crippen LogP contribution in [-0.2, 0) is 9.59 Å². The number of nitrogens with zero attached hydrogens (tertiary/aromatic N) is 1. The molecule has 9 heteroatoms. The predicted molar refractivity (Wildman–Crippen MR) is 117 cm³/mol. The third-order valence-corrected chi connectivity index (χ3v) is 5.60. The van der Waals surface area contributed by atoms with E-state index < -0.39 is 23.6 Å². The second kappa shape index (κ2) is 8.81. The van der Waals surface area contributed by atoms with Crippen molar-refractivity contribution in [3.63, 3.8) is 0 Å². The Labute approximate surface area is 182 Å². The molecule has 1 aliphatic rings. The molecule has 3 amide bonds. The zero-order valence-electron chi connectivity index (χ0n) is 16.5. The lowest BCUT2D eigenvalue weighted by molar-refractivity contribution is -0.127. The zero-order valence-corrected chi connectivity index (χ0v) is 18.1. The van der Waals surface area contributed by atoms with Crippen LogP contribution in [0.1, 0.15) is 16.7 Å². The molecule has 2 N–H and O–H groups in total. The number of ether oxygens (including phenoxy) is 1. The van der Waals surface area contributed by atoms with E-state index in [2.05, 4.69) is 5.32 Å². The number of amides is 3. The first kappa shape index (κ1) is 21.7. The van der Waals surface area contributed by atoms with Crippen LogP contribution in [0.15, 0.2) is 35.2 Å². The molecule has 2 aromatic carbocycles. The standard InChI is InChI=1S/C21H19ClN2O5S/c1-11-4-5-15(12(2)6-11)23-18(25)10-24-20(27)17(30-21(24)28)9-13-7-14(22)19(26)16(8-13)29-3/h4-9,26H,10H2,1-3H3,(H,23,25)/b17-9-. The van der Waals surface area contributed by atoms with E-state index in [9.17, 15) is 19.5 Å². The molecule has 0 unspecified atom stereocenters. The van der Waals surface area contributed by atoms with Crippen LogP contribution in [0, 0.1) is 13.8 Å². The van der Waals surface area contributed by atoms with Gasteiger partial charge in [-0.05, 0) is 61.0 Å². The number of anilines is 1. The molecule has 2 aromatic rings. The van der Waals surface area contributed by atoms with Gasteiger partial charge < -0.3 is 15.2 Å². The number of aromatic hydroxyl groups is 1. The first-order valence-electron chi connectivity index (χ1n) is 8.88. The SMILES string of the molecule is COc1cc(/C=C2\SC(=O)N(CC(=O)Nc3ccc(C)cc3C)C2=O)cc(Cl)c1O. The zero-order chi connectivity index (χ0) is 22.0. The van der Waals surface area contributed by atoms with Gasteiger partial charge >= 0.3 is 0 Å². The predicted octanol–water partition coefficient (Wildman–Crippen LogP) is 4.35. The Balaban J connectivity index is 1.75. The Morgan fingerprint density at radius 1 is 1.27 bits per heavy atom. The summed E-state index contributed by atoms with van der Waals surface area (Å²) in [6.45, 7) is 3.42. The monoisotopic (exact) mass is 446 g/mol. The Kier molecular flexibility index (Phi) is 6.38. The van der Waals surface area contributed by atoms with Gasteiger partial charge in [-0.3, -0.25) is 19.3 Å². The molecule has 30 heavy (non-hydrogen) atoms. The van der Waals surface area contributed by atoms with Crippen LogP contribution < -0.4 is 10.1 Å². The number of carbonyl (C=O) groups excluding carboxylic acids is 3. The van der Waals surface area contributed by atoms with Gasteiger partial charge in [0.1, 0.15) is 6.54 Å². The lowest BCUT2D eigenvalue weighted by Crippen LogP contribution is -2.36. The Morgan fingerprint density at radius 2 is 2.00 bits per heavy atom. The van der Waals surface area contributed by atoms with Crippen molar-refractivity contribution >= 4 is 52.2 Å². The molecule has 1 fully saturated rings. The number of halogens is 1. The van der Waals surface area contributed by atoms with Crippen molar-refractivity contribution in [3.8, 4) is 11.5 Å². The third-order valence-electron chi connectivity index (χ3n) is 4.40. The number of imide groups is 1. The van der Waals surface area contributed by atoms with Gasteiger partial charge in [0.15, 0.2) is 11.5 Å². The maximum Gasteiger partial charge on any atom is 0.294 e. The van der Waals surface area contributed by atoms with E-state index in [1.165, 1.54) is 25.3 Å². The van der Waals surface area contributed by atoms with Crippen LogP contribution in [0.5, 0.6) is 11.5 Å². The molecule has 1 heterocycles. The van der Waals surface area contributed by atoms with Crippen LogP contribution in [0.3, 0.4) is 0 Å². The highest BCUT2D eigenvalue weighted by Crippen LogP contribution is 2.37. The van der Waals surface area contributed by atoms with E-state index in [0.717, 1.165) is 27.8 Å². The third kappa shape index (κ3) is 4.60. The van der Waals surface area contributed by atoms with Gasteiger partial charge in [-0.2, -0.15) is 0 Å². The summed E-state index contributed by atoms with van der Waals surface area (Å²) in [5.74, 6) is -1.13. The maximum atomic E-state index is 12.6. The minimum absolute atomic E-state index is 0.0488. The number of thioether (sulfide) groups is 1. The highest BCUT2D eigenvalue weighted by atomic mass is 35.5. The van der Waals surface area contributed by atoms with Crippen LogP contribution in [0.4, 0.5) is 10.5 Å². The van der Waals surface area contributed by atoms with E-state index in [-0.39, 0.29) is 21.4 Å². The number of methoxy groups -OCH3 is 1. The van der Waals surface area contributed by atoms with Crippen LogP contribution in [0.2, 0.25) is 5.02 Å². The summed E-state index contributed by atoms with van der Waals surface area (Å²) in [4.78, 5) is 38.3. The van der Waals surface area contributed by atoms with Crippen molar-refractivity contribution in [2.75, 3.05) is 19.0 Å². The summed E-state index contributed by atoms with van der Waals surface area (Å²) in [6, 6.07) is 8.50. The molecule has 0 aliphatic carbocycles. The summed E-state index contributed by atoms with van der Waals surface area (Å²) in [7, 11) is 1.37. The topological polar surface area (TPSA) is 95.9 Å². The lowest BCUT2D eigenvalue weighted by atomic mass is 10.1. The average Bonchev–Trinajstić information content (AvgIpc) is 2.94. The van der Waals surface area contributed by atoms with E-state index >= 15 is 0 Å². The number of phenolic OH excluding ortho intramolecular Hbond substituents is 1. The summed E-state index contributed by atoms with van der Waals surface area (Å²) >= 11 is 6.69. The van der Waals surface area contributed by atoms with Gasteiger partial charge in [-0.25, -0.2) is 0 Å². The van der Waals surface area contributed by atoms with Gasteiger partial charge in [-0.15, -0.1) is 0 Å². The number of hydrogen-bond donors (Lipinski definition) is 2. The van der Waals surface area contributed by atoms with E-state index in [0.29, 0.717) is 11.3 Å². The molecular weight excluding hydrogens is 428 g/mol. The lowest BCUT2D eigenvalue weighted by Gasteiger charge is -2.14. The largest absolute Gasteiger partial charge is 0.503 e. The molecular formula is C21H19ClN2O5S. The fourth-order valence-electron chi connectivity index (χ4n) is 2.91. The molecule has 0 saturated carbocycles. The maximum absolute atomic E-state index is 12.6.